The number of carbonyl (C=O) groups excluding carboxylic acids is 1. The summed E-state index contributed by atoms with van der Waals surface area (Å²) in [7, 11) is 0. The van der Waals surface area contributed by atoms with E-state index in [-0.39, 0.29) is 23.8 Å². The molecule has 0 saturated carbocycles. The van der Waals surface area contributed by atoms with E-state index < -0.39 is 4.92 Å². The summed E-state index contributed by atoms with van der Waals surface area (Å²) in [5, 5.41) is 15.3. The van der Waals surface area contributed by atoms with E-state index in [1.807, 2.05) is 11.0 Å². The van der Waals surface area contributed by atoms with Gasteiger partial charge in [-0.05, 0) is 31.5 Å². The minimum absolute atomic E-state index is 0.0124. The molecule has 0 N–H and O–H groups in total. The molecule has 2 aromatic rings. The Kier molecular flexibility index (Phi) is 6.03. The first-order valence-corrected chi connectivity index (χ1v) is 9.28. The molecular formula is C19H24FN5O3. The molecule has 0 aliphatic carbocycles. The number of aryl methyl sites for hydroxylation is 2. The standard InChI is InChI=1S/C19H24FN5O3/c1-14-19(25(27)28)15(2)24(21-14)7-6-18(26)23-10-8-22(9-11-23)13-16-4-3-5-17(20)12-16/h3-5,12H,6-11,13H2,1-2H3. The van der Waals surface area contributed by atoms with Gasteiger partial charge in [-0.2, -0.15) is 5.10 Å². The molecule has 9 heteroatoms. The number of benzene rings is 1. The fourth-order valence-electron chi connectivity index (χ4n) is 3.58. The first-order valence-electron chi connectivity index (χ1n) is 9.28. The molecule has 28 heavy (non-hydrogen) atoms. The van der Waals surface area contributed by atoms with Crippen molar-refractivity contribution in [1.82, 2.24) is 19.6 Å². The molecule has 1 aliphatic heterocycles. The minimum Gasteiger partial charge on any atom is -0.340 e. The minimum atomic E-state index is -0.437. The summed E-state index contributed by atoms with van der Waals surface area (Å²) in [6.07, 6.45) is 0.253. The van der Waals surface area contributed by atoms with Crippen molar-refractivity contribution < 1.29 is 14.1 Å². The normalized spacial score (nSPS) is 15.0. The Morgan fingerprint density at radius 3 is 2.57 bits per heavy atom. The van der Waals surface area contributed by atoms with Crippen LogP contribution in [0.15, 0.2) is 24.3 Å². The van der Waals surface area contributed by atoms with Gasteiger partial charge in [0.2, 0.25) is 5.91 Å². The van der Waals surface area contributed by atoms with Crippen LogP contribution in [0.4, 0.5) is 10.1 Å². The van der Waals surface area contributed by atoms with E-state index >= 15 is 0 Å². The lowest BCUT2D eigenvalue weighted by molar-refractivity contribution is -0.386. The van der Waals surface area contributed by atoms with Gasteiger partial charge in [0.1, 0.15) is 17.2 Å². The van der Waals surface area contributed by atoms with Crippen molar-refractivity contribution in [3.8, 4) is 0 Å². The highest BCUT2D eigenvalue weighted by molar-refractivity contribution is 5.76. The van der Waals surface area contributed by atoms with Crippen LogP contribution in [-0.2, 0) is 17.9 Å². The number of halogens is 1. The summed E-state index contributed by atoms with van der Waals surface area (Å²) >= 11 is 0. The van der Waals surface area contributed by atoms with Crippen LogP contribution in [0, 0.1) is 29.8 Å². The van der Waals surface area contributed by atoms with Crippen molar-refractivity contribution in [3.05, 3.63) is 57.1 Å². The zero-order valence-corrected chi connectivity index (χ0v) is 16.1. The second-order valence-corrected chi connectivity index (χ2v) is 7.04. The molecule has 0 atom stereocenters. The van der Waals surface area contributed by atoms with Crippen LogP contribution in [0.3, 0.4) is 0 Å². The maximum atomic E-state index is 13.3. The second-order valence-electron chi connectivity index (χ2n) is 7.04. The quantitative estimate of drug-likeness (QED) is 0.559. The van der Waals surface area contributed by atoms with Gasteiger partial charge in [-0.1, -0.05) is 12.1 Å². The predicted octanol–water partition coefficient (Wildman–Crippen LogP) is 2.28. The number of carbonyl (C=O) groups is 1. The van der Waals surface area contributed by atoms with Crippen LogP contribution in [0.1, 0.15) is 23.4 Å². The molecule has 0 spiro atoms. The fourth-order valence-corrected chi connectivity index (χ4v) is 3.58. The monoisotopic (exact) mass is 389 g/mol. The van der Waals surface area contributed by atoms with Crippen molar-refractivity contribution in [2.45, 2.75) is 33.4 Å². The topological polar surface area (TPSA) is 84.5 Å². The SMILES string of the molecule is Cc1nn(CCC(=O)N2CCN(Cc3cccc(F)c3)CC2)c(C)c1[N+](=O)[O-]. The van der Waals surface area contributed by atoms with E-state index in [9.17, 15) is 19.3 Å². The summed E-state index contributed by atoms with van der Waals surface area (Å²) in [5.41, 5.74) is 1.76. The number of nitrogens with zero attached hydrogens (tertiary/aromatic N) is 5. The van der Waals surface area contributed by atoms with Crippen molar-refractivity contribution in [2.24, 2.45) is 0 Å². The van der Waals surface area contributed by atoms with E-state index in [1.165, 1.54) is 16.8 Å². The molecule has 150 valence electrons. The van der Waals surface area contributed by atoms with Gasteiger partial charge in [-0.3, -0.25) is 24.5 Å². The van der Waals surface area contributed by atoms with E-state index in [4.69, 9.17) is 0 Å². The van der Waals surface area contributed by atoms with Gasteiger partial charge < -0.3 is 4.90 Å². The van der Waals surface area contributed by atoms with Gasteiger partial charge in [0.15, 0.2) is 0 Å². The van der Waals surface area contributed by atoms with Crippen LogP contribution < -0.4 is 0 Å². The molecule has 0 radical (unpaired) electrons. The van der Waals surface area contributed by atoms with Crippen LogP contribution in [-0.4, -0.2) is 56.6 Å². The molecule has 0 unspecified atom stereocenters. The van der Waals surface area contributed by atoms with Crippen molar-refractivity contribution in [2.75, 3.05) is 26.2 Å². The molecular weight excluding hydrogens is 365 g/mol. The van der Waals surface area contributed by atoms with Gasteiger partial charge in [-0.15, -0.1) is 0 Å². The molecule has 2 heterocycles. The lowest BCUT2D eigenvalue weighted by Gasteiger charge is -2.34. The van der Waals surface area contributed by atoms with Crippen molar-refractivity contribution in [3.63, 3.8) is 0 Å². The Morgan fingerprint density at radius 1 is 1.25 bits per heavy atom. The third kappa shape index (κ3) is 4.53. The predicted molar refractivity (Wildman–Crippen MR) is 101 cm³/mol. The van der Waals surface area contributed by atoms with E-state index in [2.05, 4.69) is 10.00 Å². The molecule has 1 aliphatic rings. The van der Waals surface area contributed by atoms with E-state index in [0.717, 1.165) is 18.7 Å². The molecule has 1 fully saturated rings. The third-order valence-corrected chi connectivity index (χ3v) is 5.08. The number of nitro groups is 1. The Labute approximate surface area is 162 Å². The largest absolute Gasteiger partial charge is 0.340 e. The lowest BCUT2D eigenvalue weighted by atomic mass is 10.2. The highest BCUT2D eigenvalue weighted by Crippen LogP contribution is 2.22. The molecule has 8 nitrogen and oxygen atoms in total. The Hall–Kier alpha value is -2.81. The highest BCUT2D eigenvalue weighted by atomic mass is 19.1. The Morgan fingerprint density at radius 2 is 1.96 bits per heavy atom. The number of amides is 1. The Bertz CT molecular complexity index is 874. The van der Waals surface area contributed by atoms with Crippen LogP contribution >= 0.6 is 0 Å². The van der Waals surface area contributed by atoms with Gasteiger partial charge in [0.05, 0.1) is 11.5 Å². The van der Waals surface area contributed by atoms with Crippen LogP contribution in [0.5, 0.6) is 0 Å². The molecule has 1 amide bonds. The number of hydrogen-bond donors (Lipinski definition) is 0. The summed E-state index contributed by atoms with van der Waals surface area (Å²) < 4.78 is 14.8. The van der Waals surface area contributed by atoms with Gasteiger partial charge in [-0.25, -0.2) is 4.39 Å². The highest BCUT2D eigenvalue weighted by Gasteiger charge is 2.24. The summed E-state index contributed by atoms with van der Waals surface area (Å²) in [5.74, 6) is -0.226. The number of hydrogen-bond acceptors (Lipinski definition) is 5. The second kappa shape index (κ2) is 8.47. The van der Waals surface area contributed by atoms with Crippen LogP contribution in [0.2, 0.25) is 0 Å². The van der Waals surface area contributed by atoms with Crippen LogP contribution in [0.25, 0.3) is 0 Å². The molecule has 1 aromatic carbocycles. The zero-order chi connectivity index (χ0) is 20.3. The number of aromatic nitrogens is 2. The van der Waals surface area contributed by atoms with E-state index in [1.54, 1.807) is 19.9 Å². The third-order valence-electron chi connectivity index (χ3n) is 5.08. The first-order chi connectivity index (χ1) is 13.3. The van der Waals surface area contributed by atoms with Gasteiger partial charge in [0.25, 0.3) is 0 Å². The molecule has 3 rings (SSSR count). The lowest BCUT2D eigenvalue weighted by Crippen LogP contribution is -2.48. The maximum absolute atomic E-state index is 13.3. The van der Waals surface area contributed by atoms with E-state index in [0.29, 0.717) is 37.6 Å². The smallest absolute Gasteiger partial charge is 0.312 e. The van der Waals surface area contributed by atoms with Gasteiger partial charge in [0, 0.05) is 39.1 Å². The Balaban J connectivity index is 1.49. The first kappa shape index (κ1) is 19.9. The van der Waals surface area contributed by atoms with Crippen molar-refractivity contribution in [1.29, 1.82) is 0 Å². The molecule has 0 bridgehead atoms. The summed E-state index contributed by atoms with van der Waals surface area (Å²) in [4.78, 5) is 27.1. The number of rotatable bonds is 6. The average molecular weight is 389 g/mol. The summed E-state index contributed by atoms with van der Waals surface area (Å²) in [6, 6.07) is 6.56. The summed E-state index contributed by atoms with van der Waals surface area (Å²) in [6.45, 7) is 6.92. The number of piperazine rings is 1. The average Bonchev–Trinajstić information content (AvgIpc) is 2.94. The maximum Gasteiger partial charge on any atom is 0.312 e. The zero-order valence-electron chi connectivity index (χ0n) is 16.1. The molecule has 1 aromatic heterocycles. The van der Waals surface area contributed by atoms with Crippen molar-refractivity contribution >= 4 is 11.6 Å². The van der Waals surface area contributed by atoms with Gasteiger partial charge >= 0.3 is 5.69 Å². The fraction of sp³-hybridized carbons (Fsp3) is 0.474. The molecule has 1 saturated heterocycles.